The average Bonchev–Trinajstić information content (AvgIpc) is 3.27. The zero-order chi connectivity index (χ0) is 22.7. The summed E-state index contributed by atoms with van der Waals surface area (Å²) in [5.41, 5.74) is 3.68. The SMILES string of the molecule is COc1cccc(F)c1CNc1ccc(-c2ccc(CNS(C)(=O)=O)cc2)c2nncn12. The zero-order valence-corrected chi connectivity index (χ0v) is 18.4. The number of nitrogens with one attached hydrogen (secondary N) is 2. The van der Waals surface area contributed by atoms with Crippen molar-refractivity contribution in [2.45, 2.75) is 13.1 Å². The fourth-order valence-electron chi connectivity index (χ4n) is 3.38. The first-order chi connectivity index (χ1) is 15.4. The van der Waals surface area contributed by atoms with Crippen LogP contribution >= 0.6 is 0 Å². The van der Waals surface area contributed by atoms with Crippen molar-refractivity contribution in [1.29, 1.82) is 0 Å². The molecule has 4 aromatic rings. The van der Waals surface area contributed by atoms with Crippen molar-refractivity contribution >= 4 is 21.5 Å². The molecule has 0 fully saturated rings. The maximum atomic E-state index is 14.2. The van der Waals surface area contributed by atoms with Crippen LogP contribution in [-0.4, -0.2) is 36.4 Å². The van der Waals surface area contributed by atoms with Gasteiger partial charge >= 0.3 is 0 Å². The summed E-state index contributed by atoms with van der Waals surface area (Å²) in [7, 11) is -1.75. The number of sulfonamides is 1. The molecule has 2 aromatic carbocycles. The molecule has 10 heteroatoms. The van der Waals surface area contributed by atoms with E-state index in [-0.39, 0.29) is 18.9 Å². The molecule has 0 spiro atoms. The monoisotopic (exact) mass is 455 g/mol. The Labute approximate surface area is 185 Å². The predicted octanol–water partition coefficient (Wildman–Crippen LogP) is 3.21. The van der Waals surface area contributed by atoms with E-state index in [0.29, 0.717) is 22.8 Å². The highest BCUT2D eigenvalue weighted by atomic mass is 32.2. The van der Waals surface area contributed by atoms with Crippen molar-refractivity contribution < 1.29 is 17.5 Å². The smallest absolute Gasteiger partial charge is 0.209 e. The molecule has 0 aliphatic carbocycles. The van der Waals surface area contributed by atoms with Crippen molar-refractivity contribution in [3.8, 4) is 16.9 Å². The Morgan fingerprint density at radius 1 is 1.06 bits per heavy atom. The second-order valence-corrected chi connectivity index (χ2v) is 9.05. The summed E-state index contributed by atoms with van der Waals surface area (Å²) in [6, 6.07) is 16.0. The van der Waals surface area contributed by atoms with E-state index in [1.165, 1.54) is 13.2 Å². The summed E-state index contributed by atoms with van der Waals surface area (Å²) in [4.78, 5) is 0. The van der Waals surface area contributed by atoms with Crippen molar-refractivity contribution in [3.05, 3.63) is 77.9 Å². The molecule has 0 radical (unpaired) electrons. The molecule has 0 atom stereocenters. The number of nitrogens with zero attached hydrogens (tertiary/aromatic N) is 3. The number of ether oxygens (including phenoxy) is 1. The number of hydrogen-bond donors (Lipinski definition) is 2. The third-order valence-electron chi connectivity index (χ3n) is 5.00. The highest BCUT2D eigenvalue weighted by molar-refractivity contribution is 7.88. The quantitative estimate of drug-likeness (QED) is 0.424. The molecule has 4 rings (SSSR count). The van der Waals surface area contributed by atoms with Crippen LogP contribution < -0.4 is 14.8 Å². The number of benzene rings is 2. The topological polar surface area (TPSA) is 97.6 Å². The van der Waals surface area contributed by atoms with Gasteiger partial charge in [0.05, 0.1) is 13.4 Å². The summed E-state index contributed by atoms with van der Waals surface area (Å²) < 4.78 is 46.3. The molecule has 2 N–H and O–H groups in total. The number of anilines is 1. The molecule has 0 saturated heterocycles. The third kappa shape index (κ3) is 4.71. The molecule has 0 unspecified atom stereocenters. The number of aromatic nitrogens is 3. The normalized spacial score (nSPS) is 11.6. The Kier molecular flexibility index (Phi) is 6.06. The van der Waals surface area contributed by atoms with Gasteiger partial charge in [0.2, 0.25) is 10.0 Å². The van der Waals surface area contributed by atoms with E-state index in [1.807, 2.05) is 36.4 Å². The Balaban J connectivity index is 1.58. The van der Waals surface area contributed by atoms with Gasteiger partial charge in [0.15, 0.2) is 5.65 Å². The lowest BCUT2D eigenvalue weighted by molar-refractivity contribution is 0.405. The molecule has 166 valence electrons. The fraction of sp³-hybridized carbons (Fsp3) is 0.182. The van der Waals surface area contributed by atoms with Gasteiger partial charge < -0.3 is 10.1 Å². The van der Waals surface area contributed by atoms with E-state index in [9.17, 15) is 12.8 Å². The number of halogens is 1. The number of fused-ring (bicyclic) bond motifs is 1. The molecular weight excluding hydrogens is 433 g/mol. The zero-order valence-electron chi connectivity index (χ0n) is 17.5. The number of methoxy groups -OCH3 is 1. The lowest BCUT2D eigenvalue weighted by atomic mass is 10.0. The van der Waals surface area contributed by atoms with Crippen LogP contribution in [0, 0.1) is 5.82 Å². The van der Waals surface area contributed by atoms with E-state index >= 15 is 0 Å². The van der Waals surface area contributed by atoms with Gasteiger partial charge in [0.1, 0.15) is 23.7 Å². The van der Waals surface area contributed by atoms with E-state index < -0.39 is 10.0 Å². The van der Waals surface area contributed by atoms with Crippen LogP contribution in [0.15, 0.2) is 60.9 Å². The summed E-state index contributed by atoms with van der Waals surface area (Å²) in [6.07, 6.45) is 2.71. The van der Waals surface area contributed by atoms with Gasteiger partial charge in [-0.2, -0.15) is 0 Å². The van der Waals surface area contributed by atoms with E-state index in [0.717, 1.165) is 22.9 Å². The van der Waals surface area contributed by atoms with E-state index in [1.54, 1.807) is 22.9 Å². The molecule has 8 nitrogen and oxygen atoms in total. The lowest BCUT2D eigenvalue weighted by Gasteiger charge is -2.14. The summed E-state index contributed by atoms with van der Waals surface area (Å²) in [6.45, 7) is 0.451. The van der Waals surface area contributed by atoms with Gasteiger partial charge in [-0.25, -0.2) is 17.5 Å². The maximum Gasteiger partial charge on any atom is 0.209 e. The average molecular weight is 456 g/mol. The Morgan fingerprint density at radius 2 is 1.84 bits per heavy atom. The summed E-state index contributed by atoms with van der Waals surface area (Å²) in [5, 5.41) is 11.5. The van der Waals surface area contributed by atoms with Gasteiger partial charge in [-0.15, -0.1) is 10.2 Å². The van der Waals surface area contributed by atoms with Gasteiger partial charge in [0, 0.05) is 24.2 Å². The minimum absolute atomic E-state index is 0.224. The minimum atomic E-state index is -3.25. The van der Waals surface area contributed by atoms with E-state index in [2.05, 4.69) is 20.2 Å². The van der Waals surface area contributed by atoms with Crippen LogP contribution in [0.1, 0.15) is 11.1 Å². The van der Waals surface area contributed by atoms with Crippen molar-refractivity contribution in [3.63, 3.8) is 0 Å². The van der Waals surface area contributed by atoms with Crippen LogP contribution in [0.25, 0.3) is 16.8 Å². The standard InChI is InChI=1S/C22H22FN5O3S/c1-31-20-5-3-4-19(23)18(20)13-24-21-11-10-17(22-27-25-14-28(21)22)16-8-6-15(7-9-16)12-26-32(2,29)30/h3-11,14,24,26H,12-13H2,1-2H3. The van der Waals surface area contributed by atoms with E-state index in [4.69, 9.17) is 4.74 Å². The first kappa shape index (κ1) is 21.7. The first-order valence-electron chi connectivity index (χ1n) is 9.77. The van der Waals surface area contributed by atoms with Crippen LogP contribution in [0.2, 0.25) is 0 Å². The van der Waals surface area contributed by atoms with Crippen molar-refractivity contribution in [2.24, 2.45) is 0 Å². The molecule has 0 bridgehead atoms. The molecule has 0 saturated carbocycles. The Hall–Kier alpha value is -3.50. The maximum absolute atomic E-state index is 14.2. The predicted molar refractivity (Wildman–Crippen MR) is 120 cm³/mol. The van der Waals surface area contributed by atoms with Crippen LogP contribution in [0.3, 0.4) is 0 Å². The van der Waals surface area contributed by atoms with Gasteiger partial charge in [0.25, 0.3) is 0 Å². The van der Waals surface area contributed by atoms with Gasteiger partial charge in [-0.1, -0.05) is 30.3 Å². The third-order valence-corrected chi connectivity index (χ3v) is 5.67. The molecule has 0 aliphatic heterocycles. The summed E-state index contributed by atoms with van der Waals surface area (Å²) >= 11 is 0. The molecule has 0 amide bonds. The molecule has 32 heavy (non-hydrogen) atoms. The molecular formula is C22H22FN5O3S. The Bertz CT molecular complexity index is 1350. The summed E-state index contributed by atoms with van der Waals surface area (Å²) in [5.74, 6) is 0.825. The lowest BCUT2D eigenvalue weighted by Crippen LogP contribution is -2.21. The highest BCUT2D eigenvalue weighted by Crippen LogP contribution is 2.28. The molecule has 2 aromatic heterocycles. The Morgan fingerprint density at radius 3 is 2.56 bits per heavy atom. The number of rotatable bonds is 8. The van der Waals surface area contributed by atoms with Crippen molar-refractivity contribution in [2.75, 3.05) is 18.7 Å². The van der Waals surface area contributed by atoms with Gasteiger partial charge in [-0.05, 0) is 35.4 Å². The first-order valence-corrected chi connectivity index (χ1v) is 11.7. The number of pyridine rings is 1. The van der Waals surface area contributed by atoms with Gasteiger partial charge in [-0.3, -0.25) is 4.40 Å². The second kappa shape index (κ2) is 8.93. The molecule has 0 aliphatic rings. The van der Waals surface area contributed by atoms with Crippen molar-refractivity contribution in [1.82, 2.24) is 19.3 Å². The number of hydrogen-bond acceptors (Lipinski definition) is 6. The highest BCUT2D eigenvalue weighted by Gasteiger charge is 2.13. The second-order valence-electron chi connectivity index (χ2n) is 7.22. The van der Waals surface area contributed by atoms with Crippen LogP contribution in [0.5, 0.6) is 5.75 Å². The minimum Gasteiger partial charge on any atom is -0.496 e. The van der Waals surface area contributed by atoms with Crippen LogP contribution in [-0.2, 0) is 23.1 Å². The largest absolute Gasteiger partial charge is 0.496 e. The molecule has 2 heterocycles. The fourth-order valence-corrected chi connectivity index (χ4v) is 3.81. The van der Waals surface area contributed by atoms with Crippen LogP contribution in [0.4, 0.5) is 10.2 Å².